The zero-order valence-electron chi connectivity index (χ0n) is 8.04. The topological polar surface area (TPSA) is 29.4 Å². The average molecular weight is 208 g/mol. The van der Waals surface area contributed by atoms with Crippen LogP contribution in [0.25, 0.3) is 0 Å². The molecule has 0 fully saturated rings. The number of carbonyl (C=O) groups is 1. The second kappa shape index (κ2) is 3.21. The highest BCUT2D eigenvalue weighted by molar-refractivity contribution is 6.31. The molecule has 14 heavy (non-hydrogen) atoms. The summed E-state index contributed by atoms with van der Waals surface area (Å²) in [6, 6.07) is 3.51. The Labute approximate surface area is 87.6 Å². The van der Waals surface area contributed by atoms with Crippen LogP contribution in [0, 0.1) is 12.8 Å². The summed E-state index contributed by atoms with van der Waals surface area (Å²) in [5.41, 5.74) is 2.35. The lowest BCUT2D eigenvalue weighted by molar-refractivity contribution is 0.0962. The van der Waals surface area contributed by atoms with Gasteiger partial charge in [0.05, 0.1) is 11.6 Å². The number of aryl methyl sites for hydroxylation is 1. The Balaban J connectivity index is 2.68. The molecule has 1 aliphatic heterocycles. The lowest BCUT2D eigenvalue weighted by Gasteiger charge is -2.15. The third-order valence-corrected chi connectivity index (χ3v) is 2.59. The number of benzene rings is 1. The van der Waals surface area contributed by atoms with E-state index in [4.69, 9.17) is 11.6 Å². The van der Waals surface area contributed by atoms with E-state index >= 15 is 0 Å². The molecule has 1 aromatic rings. The van der Waals surface area contributed by atoms with Crippen LogP contribution in [0.2, 0.25) is 5.02 Å². The normalized spacial score (nSPS) is 19.6. The van der Waals surface area contributed by atoms with E-state index in [1.54, 1.807) is 12.3 Å². The van der Waals surface area contributed by atoms with Gasteiger partial charge in [0.1, 0.15) is 0 Å². The van der Waals surface area contributed by atoms with Gasteiger partial charge in [-0.2, -0.15) is 0 Å². The summed E-state index contributed by atoms with van der Waals surface area (Å²) in [6.45, 7) is 3.75. The summed E-state index contributed by atoms with van der Waals surface area (Å²) in [4.78, 5) is 16.0. The Kier molecular flexibility index (Phi) is 2.16. The smallest absolute Gasteiger partial charge is 0.173 e. The van der Waals surface area contributed by atoms with Crippen LogP contribution in [-0.2, 0) is 0 Å². The van der Waals surface area contributed by atoms with Crippen molar-refractivity contribution in [1.29, 1.82) is 0 Å². The highest BCUT2D eigenvalue weighted by Crippen LogP contribution is 2.32. The van der Waals surface area contributed by atoms with Gasteiger partial charge in [0, 0.05) is 16.8 Å². The van der Waals surface area contributed by atoms with Crippen LogP contribution >= 0.6 is 11.6 Å². The van der Waals surface area contributed by atoms with Crippen molar-refractivity contribution in [3.8, 4) is 0 Å². The van der Waals surface area contributed by atoms with Crippen LogP contribution in [0.15, 0.2) is 17.1 Å². The first-order valence-corrected chi connectivity index (χ1v) is 4.86. The zero-order chi connectivity index (χ0) is 10.3. The van der Waals surface area contributed by atoms with Crippen LogP contribution in [0.4, 0.5) is 5.69 Å². The van der Waals surface area contributed by atoms with Crippen molar-refractivity contribution >= 4 is 29.3 Å². The minimum absolute atomic E-state index is 0.0978. The molecule has 1 heterocycles. The SMILES string of the molecule is Cc1cc(Cl)cc2c1N=CC(C)C2=O. The van der Waals surface area contributed by atoms with E-state index in [0.717, 1.165) is 11.3 Å². The standard InChI is InChI=1S/C11H10ClNO/c1-6-3-8(12)4-9-10(6)13-5-7(2)11(9)14/h3-5,7H,1-2H3. The molecule has 72 valence electrons. The van der Waals surface area contributed by atoms with Crippen LogP contribution in [0.3, 0.4) is 0 Å². The molecule has 2 rings (SSSR count). The Hall–Kier alpha value is -1.15. The summed E-state index contributed by atoms with van der Waals surface area (Å²) < 4.78 is 0. The van der Waals surface area contributed by atoms with Crippen molar-refractivity contribution in [1.82, 2.24) is 0 Å². The fraction of sp³-hybridized carbons (Fsp3) is 0.273. The van der Waals surface area contributed by atoms with Gasteiger partial charge < -0.3 is 0 Å². The van der Waals surface area contributed by atoms with Crippen molar-refractivity contribution in [2.45, 2.75) is 13.8 Å². The molecule has 0 aliphatic carbocycles. The third kappa shape index (κ3) is 1.36. The van der Waals surface area contributed by atoms with Crippen molar-refractivity contribution in [3.63, 3.8) is 0 Å². The number of aliphatic imine (C=N–C) groups is 1. The van der Waals surface area contributed by atoms with E-state index < -0.39 is 0 Å². The molecule has 0 saturated carbocycles. The summed E-state index contributed by atoms with van der Waals surface area (Å²) in [7, 11) is 0. The first kappa shape index (κ1) is 9.41. The lowest BCUT2D eigenvalue weighted by Crippen LogP contribution is -2.16. The van der Waals surface area contributed by atoms with E-state index in [9.17, 15) is 4.79 Å². The minimum atomic E-state index is -0.139. The summed E-state index contributed by atoms with van der Waals surface area (Å²) in [6.07, 6.45) is 1.69. The van der Waals surface area contributed by atoms with Gasteiger partial charge in [0.25, 0.3) is 0 Å². The van der Waals surface area contributed by atoms with E-state index in [1.807, 2.05) is 19.9 Å². The quantitative estimate of drug-likeness (QED) is 0.643. The minimum Gasteiger partial charge on any atom is -0.293 e. The molecule has 1 aliphatic rings. The number of nitrogens with zero attached hydrogens (tertiary/aromatic N) is 1. The number of halogens is 1. The zero-order valence-corrected chi connectivity index (χ0v) is 8.80. The van der Waals surface area contributed by atoms with Gasteiger partial charge in [-0.3, -0.25) is 9.79 Å². The molecule has 3 heteroatoms. The van der Waals surface area contributed by atoms with Gasteiger partial charge in [-0.25, -0.2) is 0 Å². The molecule has 2 nitrogen and oxygen atoms in total. The van der Waals surface area contributed by atoms with Gasteiger partial charge >= 0.3 is 0 Å². The third-order valence-electron chi connectivity index (χ3n) is 2.37. The predicted octanol–water partition coefficient (Wildman–Crippen LogP) is 3.18. The second-order valence-corrected chi connectivity index (χ2v) is 3.99. The largest absolute Gasteiger partial charge is 0.293 e. The number of hydrogen-bond donors (Lipinski definition) is 0. The van der Waals surface area contributed by atoms with Crippen LogP contribution in [0.1, 0.15) is 22.8 Å². The Morgan fingerprint density at radius 2 is 2.14 bits per heavy atom. The number of Topliss-reactive ketones (excluding diaryl/α,β-unsaturated/α-hetero) is 1. The molecule has 1 aromatic carbocycles. The Morgan fingerprint density at radius 1 is 1.43 bits per heavy atom. The first-order chi connectivity index (χ1) is 6.59. The van der Waals surface area contributed by atoms with Gasteiger partial charge in [0.2, 0.25) is 0 Å². The van der Waals surface area contributed by atoms with E-state index in [-0.39, 0.29) is 11.7 Å². The summed E-state index contributed by atoms with van der Waals surface area (Å²) in [5, 5.41) is 0.596. The number of hydrogen-bond acceptors (Lipinski definition) is 2. The van der Waals surface area contributed by atoms with Crippen molar-refractivity contribution in [2.75, 3.05) is 0 Å². The van der Waals surface area contributed by atoms with E-state index in [2.05, 4.69) is 4.99 Å². The lowest BCUT2D eigenvalue weighted by atomic mass is 9.94. The van der Waals surface area contributed by atoms with E-state index in [1.165, 1.54) is 0 Å². The van der Waals surface area contributed by atoms with Gasteiger partial charge in [-0.05, 0) is 24.6 Å². The summed E-state index contributed by atoms with van der Waals surface area (Å²) in [5.74, 6) is -0.0408. The summed E-state index contributed by atoms with van der Waals surface area (Å²) >= 11 is 5.89. The van der Waals surface area contributed by atoms with E-state index in [0.29, 0.717) is 10.6 Å². The number of carbonyl (C=O) groups excluding carboxylic acids is 1. The van der Waals surface area contributed by atoms with Crippen LogP contribution < -0.4 is 0 Å². The monoisotopic (exact) mass is 207 g/mol. The van der Waals surface area contributed by atoms with Gasteiger partial charge in [-0.15, -0.1) is 0 Å². The molecular weight excluding hydrogens is 198 g/mol. The molecule has 0 amide bonds. The van der Waals surface area contributed by atoms with Gasteiger partial charge in [0.15, 0.2) is 5.78 Å². The first-order valence-electron chi connectivity index (χ1n) is 4.48. The number of rotatable bonds is 0. The van der Waals surface area contributed by atoms with Crippen LogP contribution in [-0.4, -0.2) is 12.0 Å². The van der Waals surface area contributed by atoms with Crippen molar-refractivity contribution in [3.05, 3.63) is 28.3 Å². The molecule has 0 spiro atoms. The maximum Gasteiger partial charge on any atom is 0.173 e. The molecule has 0 bridgehead atoms. The molecule has 0 saturated heterocycles. The van der Waals surface area contributed by atoms with Gasteiger partial charge in [-0.1, -0.05) is 18.5 Å². The molecule has 0 aromatic heterocycles. The second-order valence-electron chi connectivity index (χ2n) is 3.55. The highest BCUT2D eigenvalue weighted by Gasteiger charge is 2.22. The maximum absolute atomic E-state index is 11.8. The molecule has 0 radical (unpaired) electrons. The molecule has 0 N–H and O–H groups in total. The fourth-order valence-electron chi connectivity index (χ4n) is 1.59. The highest BCUT2D eigenvalue weighted by atomic mass is 35.5. The Bertz CT molecular complexity index is 437. The average Bonchev–Trinajstić information content (AvgIpc) is 2.12. The van der Waals surface area contributed by atoms with Crippen LogP contribution in [0.5, 0.6) is 0 Å². The molecular formula is C11H10ClNO. The molecule has 1 atom stereocenters. The van der Waals surface area contributed by atoms with Crippen molar-refractivity contribution < 1.29 is 4.79 Å². The fourth-order valence-corrected chi connectivity index (χ4v) is 1.87. The number of fused-ring (bicyclic) bond motifs is 1. The van der Waals surface area contributed by atoms with Crippen molar-refractivity contribution in [2.24, 2.45) is 10.9 Å². The Morgan fingerprint density at radius 3 is 2.86 bits per heavy atom. The number of ketones is 1. The predicted molar refractivity (Wildman–Crippen MR) is 57.8 cm³/mol. The maximum atomic E-state index is 11.8. The molecule has 1 unspecified atom stereocenters.